The molecule has 0 aliphatic heterocycles. The number of fused-ring (bicyclic) bond motifs is 5. The van der Waals surface area contributed by atoms with Crippen molar-refractivity contribution in [3.8, 4) is 0 Å². The van der Waals surface area contributed by atoms with Crippen LogP contribution >= 0.6 is 0 Å². The smallest absolute Gasteiger partial charge is 0.0599 e. The fourth-order valence-corrected chi connectivity index (χ4v) is 9.34. The van der Waals surface area contributed by atoms with Crippen LogP contribution in [-0.4, -0.2) is 11.2 Å². The van der Waals surface area contributed by atoms with E-state index in [4.69, 9.17) is 0 Å². The van der Waals surface area contributed by atoms with Crippen LogP contribution < -0.4 is 0 Å². The van der Waals surface area contributed by atoms with Crippen LogP contribution in [0.4, 0.5) is 0 Å². The number of rotatable bonds is 5. The number of aliphatic hydroxyl groups is 1. The molecule has 1 nitrogen and oxygen atoms in total. The SMILES string of the molecule is CC(C)CCC[C@@H](C)[C@H]1CC[C@H]2[C@@H]3CC[C@H]4CCCC(O)[C@]4(C)[C@H]3CC[C@]12C. The molecule has 0 aromatic carbocycles. The van der Waals surface area contributed by atoms with E-state index in [9.17, 15) is 5.11 Å². The van der Waals surface area contributed by atoms with Crippen molar-refractivity contribution in [1.82, 2.24) is 0 Å². The Morgan fingerprint density at radius 2 is 1.64 bits per heavy atom. The maximum atomic E-state index is 11.1. The van der Waals surface area contributed by atoms with Crippen molar-refractivity contribution >= 4 is 0 Å². The minimum Gasteiger partial charge on any atom is -0.393 e. The first kappa shape index (κ1) is 21.2. The summed E-state index contributed by atoms with van der Waals surface area (Å²) >= 11 is 0. The van der Waals surface area contributed by atoms with E-state index in [1.165, 1.54) is 70.6 Å². The van der Waals surface area contributed by atoms with Gasteiger partial charge in [-0.3, -0.25) is 0 Å². The average Bonchev–Trinajstić information content (AvgIpc) is 3.00. The molecule has 0 aromatic rings. The van der Waals surface area contributed by atoms with Gasteiger partial charge in [0.1, 0.15) is 0 Å². The van der Waals surface area contributed by atoms with Gasteiger partial charge in [0.2, 0.25) is 0 Å². The summed E-state index contributed by atoms with van der Waals surface area (Å²) in [5.74, 6) is 6.15. The molecule has 4 aliphatic rings. The standard InChI is InChI=1S/C27H48O/c1-18(2)8-6-9-19(3)22-14-15-23-21-13-12-20-10-7-11-25(28)27(20,5)24(21)16-17-26(22,23)4/h18-25,28H,6-17H2,1-5H3/t19-,20-,21+,22-,23+,24+,25?,26-,27+/m1/s1. The van der Waals surface area contributed by atoms with Crippen molar-refractivity contribution in [2.75, 3.05) is 0 Å². The molecule has 1 unspecified atom stereocenters. The molecule has 0 spiro atoms. The van der Waals surface area contributed by atoms with Crippen LogP contribution in [0.25, 0.3) is 0 Å². The predicted molar refractivity (Wildman–Crippen MR) is 119 cm³/mol. The Morgan fingerprint density at radius 1 is 0.857 bits per heavy atom. The van der Waals surface area contributed by atoms with E-state index in [0.717, 1.165) is 47.8 Å². The van der Waals surface area contributed by atoms with Crippen molar-refractivity contribution in [3.63, 3.8) is 0 Å². The summed E-state index contributed by atoms with van der Waals surface area (Å²) in [6.45, 7) is 12.5. The molecule has 4 aliphatic carbocycles. The Bertz CT molecular complexity index is 540. The summed E-state index contributed by atoms with van der Waals surface area (Å²) in [7, 11) is 0. The largest absolute Gasteiger partial charge is 0.393 e. The second-order valence-electron chi connectivity index (χ2n) is 12.5. The van der Waals surface area contributed by atoms with E-state index >= 15 is 0 Å². The lowest BCUT2D eigenvalue weighted by Crippen LogP contribution is -2.57. The third kappa shape index (κ3) is 3.30. The van der Waals surface area contributed by atoms with Crippen LogP contribution in [0.2, 0.25) is 0 Å². The number of hydrogen-bond acceptors (Lipinski definition) is 1. The lowest BCUT2D eigenvalue weighted by atomic mass is 9.44. The van der Waals surface area contributed by atoms with Crippen LogP contribution in [0, 0.1) is 52.3 Å². The molecule has 4 rings (SSSR count). The van der Waals surface area contributed by atoms with Crippen molar-refractivity contribution in [2.24, 2.45) is 52.3 Å². The van der Waals surface area contributed by atoms with Gasteiger partial charge in [-0.2, -0.15) is 0 Å². The van der Waals surface area contributed by atoms with E-state index in [1.54, 1.807) is 0 Å². The zero-order valence-corrected chi connectivity index (χ0v) is 19.6. The topological polar surface area (TPSA) is 20.2 Å². The maximum absolute atomic E-state index is 11.1. The molecule has 1 N–H and O–H groups in total. The molecular formula is C27H48O. The maximum Gasteiger partial charge on any atom is 0.0599 e. The second-order valence-corrected chi connectivity index (χ2v) is 12.5. The third-order valence-electron chi connectivity index (χ3n) is 10.9. The normalized spacial score (nSPS) is 49.4. The first-order valence-corrected chi connectivity index (χ1v) is 13.0. The van der Waals surface area contributed by atoms with Gasteiger partial charge in [0.25, 0.3) is 0 Å². The van der Waals surface area contributed by atoms with Gasteiger partial charge >= 0.3 is 0 Å². The molecule has 0 aromatic heterocycles. The molecule has 4 fully saturated rings. The van der Waals surface area contributed by atoms with Crippen molar-refractivity contribution in [2.45, 2.75) is 118 Å². The van der Waals surface area contributed by atoms with Gasteiger partial charge in [-0.05, 0) is 104 Å². The molecule has 0 heterocycles. The molecule has 0 amide bonds. The molecule has 9 atom stereocenters. The van der Waals surface area contributed by atoms with E-state index < -0.39 is 0 Å². The van der Waals surface area contributed by atoms with Crippen LogP contribution in [0.1, 0.15) is 112 Å². The highest BCUT2D eigenvalue weighted by Gasteiger charge is 2.61. The molecule has 4 saturated carbocycles. The minimum absolute atomic E-state index is 0.0319. The second kappa shape index (κ2) is 7.90. The molecule has 0 bridgehead atoms. The zero-order chi connectivity index (χ0) is 20.1. The third-order valence-corrected chi connectivity index (χ3v) is 10.9. The van der Waals surface area contributed by atoms with Gasteiger partial charge < -0.3 is 5.11 Å². The Balaban J connectivity index is 1.49. The summed E-state index contributed by atoms with van der Waals surface area (Å²) in [6.07, 6.45) is 16.6. The van der Waals surface area contributed by atoms with Crippen LogP contribution in [-0.2, 0) is 0 Å². The van der Waals surface area contributed by atoms with Crippen molar-refractivity contribution in [1.29, 1.82) is 0 Å². The molecular weight excluding hydrogens is 340 g/mol. The minimum atomic E-state index is -0.0319. The highest BCUT2D eigenvalue weighted by Crippen LogP contribution is 2.68. The molecule has 0 radical (unpaired) electrons. The number of hydrogen-bond donors (Lipinski definition) is 1. The fraction of sp³-hybridized carbons (Fsp3) is 1.00. The van der Waals surface area contributed by atoms with Crippen LogP contribution in [0.5, 0.6) is 0 Å². The fourth-order valence-electron chi connectivity index (χ4n) is 9.34. The highest BCUT2D eigenvalue weighted by atomic mass is 16.3. The monoisotopic (exact) mass is 388 g/mol. The average molecular weight is 389 g/mol. The first-order chi connectivity index (χ1) is 13.3. The summed E-state index contributed by atoms with van der Waals surface area (Å²) in [6, 6.07) is 0. The Morgan fingerprint density at radius 3 is 2.39 bits per heavy atom. The van der Waals surface area contributed by atoms with Gasteiger partial charge in [0.15, 0.2) is 0 Å². The lowest BCUT2D eigenvalue weighted by molar-refractivity contribution is -0.164. The van der Waals surface area contributed by atoms with E-state index in [0.29, 0.717) is 5.41 Å². The Hall–Kier alpha value is -0.0400. The number of aliphatic hydroxyl groups excluding tert-OH is 1. The summed E-state index contributed by atoms with van der Waals surface area (Å²) in [5.41, 5.74) is 0.810. The van der Waals surface area contributed by atoms with Gasteiger partial charge in [-0.15, -0.1) is 0 Å². The van der Waals surface area contributed by atoms with E-state index in [1.807, 2.05) is 0 Å². The zero-order valence-electron chi connectivity index (χ0n) is 19.6. The predicted octanol–water partition coefficient (Wildman–Crippen LogP) is 7.47. The van der Waals surface area contributed by atoms with Gasteiger partial charge in [-0.1, -0.05) is 60.3 Å². The van der Waals surface area contributed by atoms with E-state index in [-0.39, 0.29) is 11.5 Å². The molecule has 162 valence electrons. The van der Waals surface area contributed by atoms with Gasteiger partial charge in [0.05, 0.1) is 6.10 Å². The van der Waals surface area contributed by atoms with Crippen molar-refractivity contribution < 1.29 is 5.11 Å². The first-order valence-electron chi connectivity index (χ1n) is 13.0. The van der Waals surface area contributed by atoms with Gasteiger partial charge in [-0.25, -0.2) is 0 Å². The molecule has 0 saturated heterocycles. The quantitative estimate of drug-likeness (QED) is 0.518. The van der Waals surface area contributed by atoms with Crippen LogP contribution in [0.3, 0.4) is 0 Å². The Kier molecular flexibility index (Phi) is 5.98. The summed E-state index contributed by atoms with van der Waals surface area (Å²) < 4.78 is 0. The summed E-state index contributed by atoms with van der Waals surface area (Å²) in [5, 5.41) is 11.1. The van der Waals surface area contributed by atoms with Crippen LogP contribution in [0.15, 0.2) is 0 Å². The highest BCUT2D eigenvalue weighted by molar-refractivity contribution is 5.10. The summed E-state index contributed by atoms with van der Waals surface area (Å²) in [4.78, 5) is 0. The Labute approximate surface area is 175 Å². The van der Waals surface area contributed by atoms with Gasteiger partial charge in [0, 0.05) is 0 Å². The van der Waals surface area contributed by atoms with Crippen molar-refractivity contribution in [3.05, 3.63) is 0 Å². The molecule has 28 heavy (non-hydrogen) atoms. The van der Waals surface area contributed by atoms with E-state index in [2.05, 4.69) is 34.6 Å². The molecule has 1 heteroatoms. The lowest BCUT2D eigenvalue weighted by Gasteiger charge is -2.62.